The van der Waals surface area contributed by atoms with Crippen LogP contribution in [0.15, 0.2) is 41.0 Å². The molecule has 1 heterocycles. The molecule has 2 rings (SSSR count). The summed E-state index contributed by atoms with van der Waals surface area (Å²) in [6.07, 6.45) is 0. The molecule has 1 N–H and O–H groups in total. The predicted octanol–water partition coefficient (Wildman–Crippen LogP) is 3.41. The van der Waals surface area contributed by atoms with Crippen molar-refractivity contribution in [1.82, 2.24) is 10.3 Å². The van der Waals surface area contributed by atoms with E-state index < -0.39 is 11.6 Å². The zero-order valence-electron chi connectivity index (χ0n) is 9.46. The molecule has 1 aromatic carbocycles. The van der Waals surface area contributed by atoms with Gasteiger partial charge in [-0.2, -0.15) is 0 Å². The van der Waals surface area contributed by atoms with Gasteiger partial charge in [0.15, 0.2) is 0 Å². The number of nitrogens with one attached hydrogen (secondary N) is 1. The number of pyridine rings is 1. The number of aromatic nitrogens is 1. The third-order valence-corrected chi connectivity index (χ3v) is 2.85. The molecule has 2 aromatic rings. The monoisotopic (exact) mass is 312 g/mol. The van der Waals surface area contributed by atoms with Crippen molar-refractivity contribution in [2.75, 3.05) is 0 Å². The predicted molar refractivity (Wildman–Crippen MR) is 68.8 cm³/mol. The Labute approximate surface area is 112 Å². The highest BCUT2D eigenvalue weighted by molar-refractivity contribution is 9.10. The largest absolute Gasteiger partial charge is 0.307 e. The van der Waals surface area contributed by atoms with Crippen LogP contribution in [-0.4, -0.2) is 4.98 Å². The van der Waals surface area contributed by atoms with E-state index in [4.69, 9.17) is 0 Å². The Hall–Kier alpha value is -1.33. The maximum atomic E-state index is 13.3. The first-order chi connectivity index (χ1) is 8.65. The number of hydrogen-bond acceptors (Lipinski definition) is 2. The van der Waals surface area contributed by atoms with Gasteiger partial charge in [-0.25, -0.2) is 13.8 Å². The quantitative estimate of drug-likeness (QED) is 0.875. The SMILES string of the molecule is Fc1ccc(CNCc2cccc(Br)n2)c(F)c1. The minimum absolute atomic E-state index is 0.334. The highest BCUT2D eigenvalue weighted by atomic mass is 79.9. The normalized spacial score (nSPS) is 10.6. The summed E-state index contributed by atoms with van der Waals surface area (Å²) in [7, 11) is 0. The number of halogens is 3. The maximum Gasteiger partial charge on any atom is 0.130 e. The van der Waals surface area contributed by atoms with Crippen molar-refractivity contribution in [3.05, 3.63) is 63.9 Å². The molecular formula is C13H11BrF2N2. The van der Waals surface area contributed by atoms with Gasteiger partial charge in [-0.1, -0.05) is 12.1 Å². The Kier molecular flexibility index (Phi) is 4.38. The fraction of sp³-hybridized carbons (Fsp3) is 0.154. The van der Waals surface area contributed by atoms with Crippen LogP contribution in [0, 0.1) is 11.6 Å². The first-order valence-electron chi connectivity index (χ1n) is 5.41. The molecule has 0 amide bonds. The lowest BCUT2D eigenvalue weighted by molar-refractivity contribution is 0.559. The summed E-state index contributed by atoms with van der Waals surface area (Å²) in [6, 6.07) is 9.16. The average molecular weight is 313 g/mol. The molecule has 0 aliphatic heterocycles. The Morgan fingerprint density at radius 3 is 2.67 bits per heavy atom. The third kappa shape index (κ3) is 3.58. The molecule has 0 spiro atoms. The van der Waals surface area contributed by atoms with Crippen LogP contribution >= 0.6 is 15.9 Å². The van der Waals surface area contributed by atoms with Gasteiger partial charge in [-0.05, 0) is 34.1 Å². The lowest BCUT2D eigenvalue weighted by atomic mass is 10.2. The molecule has 94 valence electrons. The van der Waals surface area contributed by atoms with Gasteiger partial charge in [0.1, 0.15) is 16.2 Å². The molecule has 0 radical (unpaired) electrons. The molecule has 0 saturated heterocycles. The number of hydrogen-bond donors (Lipinski definition) is 1. The summed E-state index contributed by atoms with van der Waals surface area (Å²) in [6.45, 7) is 0.858. The van der Waals surface area contributed by atoms with Crippen LogP contribution < -0.4 is 5.32 Å². The Balaban J connectivity index is 1.92. The van der Waals surface area contributed by atoms with Gasteiger partial charge in [0.05, 0.1) is 5.69 Å². The second kappa shape index (κ2) is 6.02. The molecule has 0 bridgehead atoms. The second-order valence-corrected chi connectivity index (χ2v) is 4.60. The van der Waals surface area contributed by atoms with E-state index in [1.54, 1.807) is 0 Å². The van der Waals surface area contributed by atoms with Crippen molar-refractivity contribution in [3.63, 3.8) is 0 Å². The van der Waals surface area contributed by atoms with Crippen LogP contribution in [0.1, 0.15) is 11.3 Å². The number of rotatable bonds is 4. The van der Waals surface area contributed by atoms with Crippen molar-refractivity contribution in [1.29, 1.82) is 0 Å². The van der Waals surface area contributed by atoms with Crippen LogP contribution in [0.3, 0.4) is 0 Å². The van der Waals surface area contributed by atoms with E-state index in [2.05, 4.69) is 26.2 Å². The maximum absolute atomic E-state index is 13.3. The van der Waals surface area contributed by atoms with Gasteiger partial charge >= 0.3 is 0 Å². The zero-order chi connectivity index (χ0) is 13.0. The topological polar surface area (TPSA) is 24.9 Å². The Morgan fingerprint density at radius 2 is 1.94 bits per heavy atom. The molecule has 1 aromatic heterocycles. The van der Waals surface area contributed by atoms with Gasteiger partial charge in [0.25, 0.3) is 0 Å². The van der Waals surface area contributed by atoms with Crippen LogP contribution in [0.4, 0.5) is 8.78 Å². The van der Waals surface area contributed by atoms with E-state index >= 15 is 0 Å². The molecule has 0 fully saturated rings. The van der Waals surface area contributed by atoms with Crippen LogP contribution in [0.25, 0.3) is 0 Å². The van der Waals surface area contributed by atoms with Crippen molar-refractivity contribution in [2.45, 2.75) is 13.1 Å². The molecule has 0 unspecified atom stereocenters. The zero-order valence-corrected chi connectivity index (χ0v) is 11.0. The molecule has 18 heavy (non-hydrogen) atoms. The lowest BCUT2D eigenvalue weighted by Gasteiger charge is -2.06. The standard InChI is InChI=1S/C13H11BrF2N2/c14-13-3-1-2-11(18-13)8-17-7-9-4-5-10(15)6-12(9)16/h1-6,17H,7-8H2. The van der Waals surface area contributed by atoms with E-state index in [9.17, 15) is 8.78 Å². The highest BCUT2D eigenvalue weighted by Gasteiger charge is 2.03. The first-order valence-corrected chi connectivity index (χ1v) is 6.20. The smallest absolute Gasteiger partial charge is 0.130 e. The summed E-state index contributed by atoms with van der Waals surface area (Å²) < 4.78 is 26.8. The van der Waals surface area contributed by atoms with Crippen molar-refractivity contribution >= 4 is 15.9 Å². The molecule has 5 heteroatoms. The second-order valence-electron chi connectivity index (χ2n) is 3.79. The van der Waals surface area contributed by atoms with E-state index in [0.29, 0.717) is 18.7 Å². The highest BCUT2D eigenvalue weighted by Crippen LogP contribution is 2.10. The van der Waals surface area contributed by atoms with Crippen LogP contribution in [-0.2, 0) is 13.1 Å². The molecule has 0 atom stereocenters. The molecule has 0 saturated carbocycles. The number of nitrogens with zero attached hydrogens (tertiary/aromatic N) is 1. The van der Waals surface area contributed by atoms with E-state index in [1.165, 1.54) is 12.1 Å². The van der Waals surface area contributed by atoms with Gasteiger partial charge < -0.3 is 5.32 Å². The van der Waals surface area contributed by atoms with Gasteiger partial charge in [0.2, 0.25) is 0 Å². The summed E-state index contributed by atoms with van der Waals surface area (Å²) in [5.41, 5.74) is 1.29. The Morgan fingerprint density at radius 1 is 1.11 bits per heavy atom. The van der Waals surface area contributed by atoms with Crippen LogP contribution in [0.2, 0.25) is 0 Å². The summed E-state index contributed by atoms with van der Waals surface area (Å²) >= 11 is 3.28. The lowest BCUT2D eigenvalue weighted by Crippen LogP contribution is -2.14. The van der Waals surface area contributed by atoms with Crippen LogP contribution in [0.5, 0.6) is 0 Å². The molecule has 2 nitrogen and oxygen atoms in total. The van der Waals surface area contributed by atoms with Gasteiger partial charge in [-0.15, -0.1) is 0 Å². The fourth-order valence-electron chi connectivity index (χ4n) is 1.54. The van der Waals surface area contributed by atoms with E-state index in [-0.39, 0.29) is 0 Å². The third-order valence-electron chi connectivity index (χ3n) is 2.41. The van der Waals surface area contributed by atoms with Crippen molar-refractivity contribution < 1.29 is 8.78 Å². The minimum Gasteiger partial charge on any atom is -0.307 e. The van der Waals surface area contributed by atoms with Gasteiger partial charge in [-0.3, -0.25) is 0 Å². The fourth-order valence-corrected chi connectivity index (χ4v) is 1.92. The number of benzene rings is 1. The molecular weight excluding hydrogens is 302 g/mol. The summed E-state index contributed by atoms with van der Waals surface area (Å²) in [4.78, 5) is 4.24. The van der Waals surface area contributed by atoms with Gasteiger partial charge in [0, 0.05) is 24.7 Å². The average Bonchev–Trinajstić information content (AvgIpc) is 2.32. The minimum atomic E-state index is -0.565. The van der Waals surface area contributed by atoms with E-state index in [1.807, 2.05) is 18.2 Å². The molecule has 0 aliphatic rings. The molecule has 0 aliphatic carbocycles. The summed E-state index contributed by atoms with van der Waals surface area (Å²) in [5.74, 6) is -1.10. The summed E-state index contributed by atoms with van der Waals surface area (Å²) in [5, 5.41) is 3.06. The first kappa shape index (κ1) is 13.1. The van der Waals surface area contributed by atoms with Crippen molar-refractivity contribution in [2.24, 2.45) is 0 Å². The Bertz CT molecular complexity index is 546. The van der Waals surface area contributed by atoms with E-state index in [0.717, 1.165) is 16.4 Å². The van der Waals surface area contributed by atoms with Crippen molar-refractivity contribution in [3.8, 4) is 0 Å².